The largest absolute Gasteiger partial charge is 0.395 e. The van der Waals surface area contributed by atoms with E-state index in [4.69, 9.17) is 28.3 Å². The third kappa shape index (κ3) is 9.32. The zero-order valence-corrected chi connectivity index (χ0v) is 28.7. The lowest BCUT2D eigenvalue weighted by Crippen LogP contribution is -2.48. The maximum Gasteiger partial charge on any atom is 0.257 e. The minimum Gasteiger partial charge on any atom is -0.395 e. The maximum absolute atomic E-state index is 13.5. The number of nitrogens with one attached hydrogen (secondary N) is 3. The molecular formula is C30H38Cl2N6O6S2. The summed E-state index contributed by atoms with van der Waals surface area (Å²) >= 11 is 12.3. The Labute approximate surface area is 280 Å². The number of aliphatic hydroxyl groups excluding tert-OH is 1. The molecule has 3 aromatic carbocycles. The van der Waals surface area contributed by atoms with Gasteiger partial charge >= 0.3 is 0 Å². The van der Waals surface area contributed by atoms with Crippen molar-refractivity contribution in [3.05, 3.63) is 81.8 Å². The number of carbonyl (C=O) groups is 1. The van der Waals surface area contributed by atoms with Gasteiger partial charge in [0.2, 0.25) is 20.0 Å². The van der Waals surface area contributed by atoms with Crippen LogP contribution in [0.4, 0.5) is 17.1 Å². The highest BCUT2D eigenvalue weighted by molar-refractivity contribution is 7.92. The first kappa shape index (κ1) is 35.9. The van der Waals surface area contributed by atoms with Crippen molar-refractivity contribution in [1.29, 1.82) is 0 Å². The number of halogens is 2. The number of carbonyl (C=O) groups excluding carboxylic acids is 1. The van der Waals surface area contributed by atoms with Gasteiger partial charge in [0.1, 0.15) is 0 Å². The molecule has 1 aliphatic heterocycles. The number of hydrogen-bond donors (Lipinski definition) is 4. The van der Waals surface area contributed by atoms with Gasteiger partial charge in [-0.15, -0.1) is 0 Å². The summed E-state index contributed by atoms with van der Waals surface area (Å²) in [6.45, 7) is 3.69. The van der Waals surface area contributed by atoms with Crippen LogP contribution in [0.25, 0.3) is 0 Å². The molecule has 16 heteroatoms. The first-order valence-corrected chi connectivity index (χ1v) is 18.6. The van der Waals surface area contributed by atoms with Gasteiger partial charge in [0.25, 0.3) is 5.91 Å². The van der Waals surface area contributed by atoms with Crippen molar-refractivity contribution < 1.29 is 26.7 Å². The number of aliphatic hydroxyl groups is 1. The molecule has 1 amide bonds. The quantitative estimate of drug-likeness (QED) is 0.185. The first-order chi connectivity index (χ1) is 21.8. The Morgan fingerprint density at radius 2 is 1.50 bits per heavy atom. The highest BCUT2D eigenvalue weighted by atomic mass is 35.5. The SMILES string of the molecule is CN(c1ccc(CNCCNCCO)cc1C(=O)Nc1ccc(S(=O)(=O)N2CCN(c3cc(Cl)cc(Cl)c3)CC2)cc1)S(C)(=O)=O. The highest BCUT2D eigenvalue weighted by Gasteiger charge is 2.29. The van der Waals surface area contributed by atoms with Crippen LogP contribution in [-0.2, 0) is 26.6 Å². The first-order valence-electron chi connectivity index (χ1n) is 14.5. The van der Waals surface area contributed by atoms with Crippen molar-refractivity contribution >= 4 is 66.2 Å². The van der Waals surface area contributed by atoms with Gasteiger partial charge in [-0.3, -0.25) is 9.10 Å². The number of hydrogen-bond acceptors (Lipinski definition) is 9. The van der Waals surface area contributed by atoms with Gasteiger partial charge in [0, 0.05) is 80.8 Å². The van der Waals surface area contributed by atoms with E-state index in [0.717, 1.165) is 21.8 Å². The summed E-state index contributed by atoms with van der Waals surface area (Å²) < 4.78 is 53.9. The second-order valence-electron chi connectivity index (χ2n) is 10.7. The molecular weight excluding hydrogens is 675 g/mol. The van der Waals surface area contributed by atoms with Crippen LogP contribution in [0.2, 0.25) is 10.0 Å². The lowest BCUT2D eigenvalue weighted by molar-refractivity contribution is 0.102. The molecule has 3 aromatic rings. The molecule has 0 radical (unpaired) electrons. The summed E-state index contributed by atoms with van der Waals surface area (Å²) in [5, 5.41) is 18.9. The molecule has 4 rings (SSSR count). The van der Waals surface area contributed by atoms with E-state index in [2.05, 4.69) is 16.0 Å². The predicted molar refractivity (Wildman–Crippen MR) is 183 cm³/mol. The molecule has 4 N–H and O–H groups in total. The van der Waals surface area contributed by atoms with E-state index in [1.54, 1.807) is 36.4 Å². The Morgan fingerprint density at radius 1 is 0.870 bits per heavy atom. The van der Waals surface area contributed by atoms with Crippen molar-refractivity contribution in [2.75, 3.05) is 80.2 Å². The molecule has 0 atom stereocenters. The summed E-state index contributed by atoms with van der Waals surface area (Å²) in [4.78, 5) is 15.6. The van der Waals surface area contributed by atoms with E-state index < -0.39 is 26.0 Å². The second-order valence-corrected chi connectivity index (χ2v) is 15.6. The second kappa shape index (κ2) is 15.8. The van der Waals surface area contributed by atoms with Gasteiger partial charge in [0.05, 0.1) is 29.0 Å². The van der Waals surface area contributed by atoms with Crippen LogP contribution in [-0.4, -0.2) is 97.9 Å². The van der Waals surface area contributed by atoms with Gasteiger partial charge in [-0.2, -0.15) is 4.31 Å². The van der Waals surface area contributed by atoms with Crippen molar-refractivity contribution in [2.45, 2.75) is 11.4 Å². The van der Waals surface area contributed by atoms with Gasteiger partial charge < -0.3 is 26.0 Å². The number of nitrogens with zero attached hydrogens (tertiary/aromatic N) is 3. The number of piperazine rings is 1. The van der Waals surface area contributed by atoms with E-state index in [0.29, 0.717) is 55.0 Å². The molecule has 0 saturated carbocycles. The fourth-order valence-electron chi connectivity index (χ4n) is 4.91. The molecule has 46 heavy (non-hydrogen) atoms. The molecule has 1 saturated heterocycles. The number of amides is 1. The lowest BCUT2D eigenvalue weighted by atomic mass is 10.1. The van der Waals surface area contributed by atoms with E-state index in [-0.39, 0.29) is 35.8 Å². The zero-order valence-electron chi connectivity index (χ0n) is 25.5. The normalized spacial score (nSPS) is 14.3. The highest BCUT2D eigenvalue weighted by Crippen LogP contribution is 2.28. The van der Waals surface area contributed by atoms with Crippen LogP contribution < -0.4 is 25.2 Å². The molecule has 0 aromatic heterocycles. The Morgan fingerprint density at radius 3 is 2.11 bits per heavy atom. The summed E-state index contributed by atoms with van der Waals surface area (Å²) in [5.74, 6) is -0.551. The lowest BCUT2D eigenvalue weighted by Gasteiger charge is -2.35. The number of sulfonamides is 2. The Hall–Kier alpha value is -2.95. The average molecular weight is 714 g/mol. The average Bonchev–Trinajstić information content (AvgIpc) is 3.01. The maximum atomic E-state index is 13.5. The molecule has 0 aliphatic carbocycles. The van der Waals surface area contributed by atoms with Crippen LogP contribution in [0.1, 0.15) is 15.9 Å². The molecule has 1 aliphatic rings. The van der Waals surface area contributed by atoms with E-state index in [1.807, 2.05) is 4.90 Å². The van der Waals surface area contributed by atoms with Crippen LogP contribution in [0.5, 0.6) is 0 Å². The molecule has 0 bridgehead atoms. The fourth-order valence-corrected chi connectivity index (χ4v) is 7.36. The van der Waals surface area contributed by atoms with Crippen molar-refractivity contribution in [3.63, 3.8) is 0 Å². The Kier molecular flexibility index (Phi) is 12.3. The van der Waals surface area contributed by atoms with Gasteiger partial charge in [0.15, 0.2) is 0 Å². The zero-order chi connectivity index (χ0) is 33.5. The minimum atomic E-state index is -3.79. The summed E-state index contributed by atoms with van der Waals surface area (Å²) in [6.07, 6.45) is 1.05. The van der Waals surface area contributed by atoms with E-state index in [9.17, 15) is 21.6 Å². The molecule has 0 spiro atoms. The predicted octanol–water partition coefficient (Wildman–Crippen LogP) is 2.82. The standard InChI is InChI=1S/C30H38Cl2N6O6S2/c1-36(45(2,41)42)29-8-3-22(21-34-10-9-33-11-16-39)17-28(29)30(40)35-25-4-6-27(7-5-25)46(43,44)38-14-12-37(13-15-38)26-19-23(31)18-24(32)20-26/h3-8,17-20,33-34,39H,9-16,21H2,1-2H3,(H,35,40). The third-order valence-corrected chi connectivity index (χ3v) is 11.0. The van der Waals surface area contributed by atoms with E-state index in [1.165, 1.54) is 35.6 Å². The minimum absolute atomic E-state index is 0.0472. The van der Waals surface area contributed by atoms with E-state index >= 15 is 0 Å². The molecule has 250 valence electrons. The fraction of sp³-hybridized carbons (Fsp3) is 0.367. The summed E-state index contributed by atoms with van der Waals surface area (Å²) in [7, 11) is -6.08. The van der Waals surface area contributed by atoms with Crippen molar-refractivity contribution in [1.82, 2.24) is 14.9 Å². The Bertz CT molecular complexity index is 1710. The third-order valence-electron chi connectivity index (χ3n) is 7.44. The summed E-state index contributed by atoms with van der Waals surface area (Å²) in [5.41, 5.74) is 2.28. The van der Waals surface area contributed by atoms with Crippen molar-refractivity contribution in [3.8, 4) is 0 Å². The monoisotopic (exact) mass is 712 g/mol. The van der Waals surface area contributed by atoms with Gasteiger partial charge in [-0.25, -0.2) is 16.8 Å². The van der Waals surface area contributed by atoms with Crippen LogP contribution >= 0.6 is 23.2 Å². The smallest absolute Gasteiger partial charge is 0.257 e. The molecule has 1 heterocycles. The van der Waals surface area contributed by atoms with Crippen molar-refractivity contribution in [2.24, 2.45) is 0 Å². The van der Waals surface area contributed by atoms with Gasteiger partial charge in [-0.05, 0) is 60.2 Å². The van der Waals surface area contributed by atoms with Crippen LogP contribution in [0.3, 0.4) is 0 Å². The topological polar surface area (TPSA) is 151 Å². The number of anilines is 3. The van der Waals surface area contributed by atoms with Gasteiger partial charge in [-0.1, -0.05) is 29.3 Å². The molecule has 1 fully saturated rings. The number of benzene rings is 3. The van der Waals surface area contributed by atoms with Crippen LogP contribution in [0, 0.1) is 0 Å². The molecule has 0 unspecified atom stereocenters. The molecule has 12 nitrogen and oxygen atoms in total. The number of rotatable bonds is 14. The summed E-state index contributed by atoms with van der Waals surface area (Å²) in [6, 6.07) is 16.0. The van der Waals surface area contributed by atoms with Crippen LogP contribution in [0.15, 0.2) is 65.6 Å². The Balaban J connectivity index is 1.44.